The highest BCUT2D eigenvalue weighted by atomic mass is 32.2. The smallest absolute Gasteiger partial charge is 0.289 e. The lowest BCUT2D eigenvalue weighted by molar-refractivity contribution is 0.0670. The normalized spacial score (nSPS) is 22.2. The highest BCUT2D eigenvalue weighted by Crippen LogP contribution is 2.29. The molecule has 1 fully saturated rings. The Kier molecular flexibility index (Phi) is 4.19. The largest absolute Gasteiger partial charge is 0.451 e. The van der Waals surface area contributed by atoms with Crippen LogP contribution in [0.2, 0.25) is 0 Å². The Hall–Kier alpha value is -1.82. The van der Waals surface area contributed by atoms with Gasteiger partial charge in [0.2, 0.25) is 0 Å². The van der Waals surface area contributed by atoms with Crippen LogP contribution in [-0.2, 0) is 9.84 Å². The maximum Gasteiger partial charge on any atom is 0.289 e. The molecule has 1 aliphatic carbocycles. The van der Waals surface area contributed by atoms with Crippen molar-refractivity contribution in [2.45, 2.75) is 37.0 Å². The van der Waals surface area contributed by atoms with Crippen LogP contribution in [0.25, 0.3) is 11.0 Å². The van der Waals surface area contributed by atoms with E-state index in [9.17, 15) is 13.2 Å². The Morgan fingerprint density at radius 3 is 2.61 bits per heavy atom. The third kappa shape index (κ3) is 3.13. The number of para-hydroxylation sites is 1. The lowest BCUT2D eigenvalue weighted by Crippen LogP contribution is -2.49. The van der Waals surface area contributed by atoms with Gasteiger partial charge in [-0.25, -0.2) is 8.42 Å². The summed E-state index contributed by atoms with van der Waals surface area (Å²) in [6.07, 6.45) is 4.41. The second-order valence-electron chi connectivity index (χ2n) is 6.28. The van der Waals surface area contributed by atoms with Crippen molar-refractivity contribution < 1.29 is 17.6 Å². The second kappa shape index (κ2) is 6.00. The number of carbonyl (C=O) groups excluding carboxylic acids is 1. The average molecular weight is 335 g/mol. The van der Waals surface area contributed by atoms with Crippen molar-refractivity contribution in [2.24, 2.45) is 0 Å². The van der Waals surface area contributed by atoms with Crippen LogP contribution >= 0.6 is 0 Å². The SMILES string of the molecule is CN(C(=O)c1cc2ccccc2o1)[C@H]1CCCC[C@@H]1S(C)(=O)=O. The average Bonchev–Trinajstić information content (AvgIpc) is 2.96. The van der Waals surface area contributed by atoms with Gasteiger partial charge in [0.25, 0.3) is 5.91 Å². The fourth-order valence-corrected chi connectivity index (χ4v) is 4.92. The lowest BCUT2D eigenvalue weighted by atomic mass is 9.93. The Morgan fingerprint density at radius 1 is 1.22 bits per heavy atom. The van der Waals surface area contributed by atoms with Crippen LogP contribution in [0.15, 0.2) is 34.7 Å². The van der Waals surface area contributed by atoms with Crippen LogP contribution in [0.1, 0.15) is 36.2 Å². The van der Waals surface area contributed by atoms with Gasteiger partial charge in [0.1, 0.15) is 5.58 Å². The van der Waals surface area contributed by atoms with Crippen LogP contribution < -0.4 is 0 Å². The number of carbonyl (C=O) groups is 1. The summed E-state index contributed by atoms with van der Waals surface area (Å²) in [5.74, 6) is -0.00623. The van der Waals surface area contributed by atoms with Gasteiger partial charge in [-0.15, -0.1) is 0 Å². The summed E-state index contributed by atoms with van der Waals surface area (Å²) in [5, 5.41) is 0.377. The number of sulfone groups is 1. The molecule has 1 aromatic carbocycles. The van der Waals surface area contributed by atoms with Gasteiger partial charge in [-0.05, 0) is 25.0 Å². The molecule has 0 N–H and O–H groups in total. The molecular formula is C17H21NO4S. The van der Waals surface area contributed by atoms with E-state index in [0.717, 1.165) is 18.2 Å². The molecule has 2 atom stereocenters. The number of hydrogen-bond acceptors (Lipinski definition) is 4. The van der Waals surface area contributed by atoms with Crippen molar-refractivity contribution in [1.29, 1.82) is 0 Å². The van der Waals surface area contributed by atoms with Gasteiger partial charge >= 0.3 is 0 Å². The fraction of sp³-hybridized carbons (Fsp3) is 0.471. The standard InChI is InChI=1S/C17H21NO4S/c1-18(13-8-4-6-10-16(13)23(2,20)21)17(19)15-11-12-7-3-5-9-14(12)22-15/h3,5,7,9,11,13,16H,4,6,8,10H2,1-2H3/t13-,16-/m0/s1. The Labute approximate surface area is 136 Å². The zero-order valence-corrected chi connectivity index (χ0v) is 14.2. The molecule has 0 radical (unpaired) electrons. The van der Waals surface area contributed by atoms with Crippen LogP contribution in [0, 0.1) is 0 Å². The number of nitrogens with zero attached hydrogens (tertiary/aromatic N) is 1. The number of fused-ring (bicyclic) bond motifs is 1. The molecule has 5 nitrogen and oxygen atoms in total. The van der Waals surface area contributed by atoms with E-state index in [2.05, 4.69) is 0 Å². The molecule has 0 spiro atoms. The minimum atomic E-state index is -3.18. The molecule has 0 saturated heterocycles. The minimum absolute atomic E-state index is 0.256. The molecule has 0 aliphatic heterocycles. The molecule has 6 heteroatoms. The highest BCUT2D eigenvalue weighted by molar-refractivity contribution is 7.91. The summed E-state index contributed by atoms with van der Waals surface area (Å²) in [6, 6.07) is 8.86. The second-order valence-corrected chi connectivity index (χ2v) is 8.55. The minimum Gasteiger partial charge on any atom is -0.451 e. The Bertz CT molecular complexity index is 791. The summed E-state index contributed by atoms with van der Waals surface area (Å²) in [7, 11) is -1.51. The highest BCUT2D eigenvalue weighted by Gasteiger charge is 2.37. The maximum absolute atomic E-state index is 12.7. The molecule has 23 heavy (non-hydrogen) atoms. The molecule has 1 amide bonds. The van der Waals surface area contributed by atoms with E-state index in [1.165, 1.54) is 6.26 Å². The van der Waals surface area contributed by atoms with E-state index in [1.807, 2.05) is 24.3 Å². The predicted octanol–water partition coefficient (Wildman–Crippen LogP) is 2.86. The van der Waals surface area contributed by atoms with Crippen LogP contribution in [-0.4, -0.2) is 43.8 Å². The predicted molar refractivity (Wildman–Crippen MR) is 89.2 cm³/mol. The summed E-state index contributed by atoms with van der Waals surface area (Å²) in [6.45, 7) is 0. The van der Waals surface area contributed by atoms with Crippen molar-refractivity contribution in [2.75, 3.05) is 13.3 Å². The maximum atomic E-state index is 12.7. The van der Waals surface area contributed by atoms with Crippen LogP contribution in [0.3, 0.4) is 0 Å². The first kappa shape index (κ1) is 16.1. The Morgan fingerprint density at radius 2 is 1.91 bits per heavy atom. The first-order valence-electron chi connectivity index (χ1n) is 7.82. The van der Waals surface area contributed by atoms with Crippen molar-refractivity contribution in [1.82, 2.24) is 4.90 Å². The zero-order chi connectivity index (χ0) is 16.6. The van der Waals surface area contributed by atoms with Gasteiger partial charge in [-0.2, -0.15) is 0 Å². The number of rotatable bonds is 3. The van der Waals surface area contributed by atoms with E-state index in [1.54, 1.807) is 18.0 Å². The van der Waals surface area contributed by atoms with E-state index in [4.69, 9.17) is 4.42 Å². The van der Waals surface area contributed by atoms with E-state index in [0.29, 0.717) is 18.4 Å². The van der Waals surface area contributed by atoms with Gasteiger partial charge < -0.3 is 9.32 Å². The number of furan rings is 1. The van der Waals surface area contributed by atoms with Gasteiger partial charge in [0, 0.05) is 24.7 Å². The quantitative estimate of drug-likeness (QED) is 0.865. The third-order valence-corrected chi connectivity index (χ3v) is 6.32. The zero-order valence-electron chi connectivity index (χ0n) is 13.4. The molecule has 0 unspecified atom stereocenters. The monoisotopic (exact) mass is 335 g/mol. The van der Waals surface area contributed by atoms with Crippen molar-refractivity contribution in [3.8, 4) is 0 Å². The van der Waals surface area contributed by atoms with Crippen molar-refractivity contribution in [3.63, 3.8) is 0 Å². The number of benzene rings is 1. The van der Waals surface area contributed by atoms with Gasteiger partial charge in [-0.1, -0.05) is 31.0 Å². The van der Waals surface area contributed by atoms with Crippen LogP contribution in [0.5, 0.6) is 0 Å². The van der Waals surface area contributed by atoms with E-state index < -0.39 is 15.1 Å². The summed E-state index contributed by atoms with van der Waals surface area (Å²) in [5.41, 5.74) is 0.660. The van der Waals surface area contributed by atoms with Crippen molar-refractivity contribution >= 4 is 26.7 Å². The molecule has 0 bridgehead atoms. The number of hydrogen-bond donors (Lipinski definition) is 0. The molecule has 1 aromatic heterocycles. The lowest BCUT2D eigenvalue weighted by Gasteiger charge is -2.36. The molecule has 1 heterocycles. The molecule has 2 aromatic rings. The van der Waals surface area contributed by atoms with Crippen molar-refractivity contribution in [3.05, 3.63) is 36.1 Å². The summed E-state index contributed by atoms with van der Waals surface area (Å²) >= 11 is 0. The fourth-order valence-electron chi connectivity index (χ4n) is 3.43. The Balaban J connectivity index is 1.88. The topological polar surface area (TPSA) is 67.6 Å². The summed E-state index contributed by atoms with van der Waals surface area (Å²) in [4.78, 5) is 14.3. The first-order chi connectivity index (χ1) is 10.9. The van der Waals surface area contributed by atoms with E-state index >= 15 is 0 Å². The van der Waals surface area contributed by atoms with Gasteiger partial charge in [0.05, 0.1) is 5.25 Å². The van der Waals surface area contributed by atoms with E-state index in [-0.39, 0.29) is 17.7 Å². The third-order valence-electron chi connectivity index (χ3n) is 4.67. The first-order valence-corrected chi connectivity index (χ1v) is 9.78. The van der Waals surface area contributed by atoms with Gasteiger partial charge in [0.15, 0.2) is 15.6 Å². The number of amides is 1. The molecule has 3 rings (SSSR count). The molecule has 1 aliphatic rings. The molecule has 1 saturated carbocycles. The van der Waals surface area contributed by atoms with Gasteiger partial charge in [-0.3, -0.25) is 4.79 Å². The molecule has 124 valence electrons. The summed E-state index contributed by atoms with van der Waals surface area (Å²) < 4.78 is 29.7. The van der Waals surface area contributed by atoms with Crippen LogP contribution in [0.4, 0.5) is 0 Å². The molecular weight excluding hydrogens is 314 g/mol.